The summed E-state index contributed by atoms with van der Waals surface area (Å²) in [6.07, 6.45) is 3.81. The lowest BCUT2D eigenvalue weighted by molar-refractivity contribution is -0.115. The normalized spacial score (nSPS) is 16.7. The van der Waals surface area contributed by atoms with Gasteiger partial charge in [0.1, 0.15) is 5.82 Å². The molecule has 1 aromatic heterocycles. The van der Waals surface area contributed by atoms with Gasteiger partial charge in [0.25, 0.3) is 5.91 Å². The Morgan fingerprint density at radius 2 is 2.26 bits per heavy atom. The monoisotopic (exact) mass is 374 g/mol. The third-order valence-corrected chi connectivity index (χ3v) is 4.42. The number of nitrogens with zero attached hydrogens (tertiary/aromatic N) is 3. The molecule has 2 heterocycles. The van der Waals surface area contributed by atoms with Gasteiger partial charge < -0.3 is 16.0 Å². The maximum Gasteiger partial charge on any atom is 0.273 e. The number of carbonyl (C=O) groups excluding carboxylic acids is 2. The molecular formula is C18H23FN6O2. The Labute approximate surface area is 156 Å². The molecule has 144 valence electrons. The minimum Gasteiger partial charge on any atom is -0.342 e. The highest BCUT2D eigenvalue weighted by Gasteiger charge is 2.17. The molecule has 1 atom stereocenters. The molecule has 0 aliphatic carbocycles. The second kappa shape index (κ2) is 8.72. The predicted octanol–water partition coefficient (Wildman–Crippen LogP) is 1.09. The van der Waals surface area contributed by atoms with Gasteiger partial charge in [0.15, 0.2) is 5.69 Å². The average Bonchev–Trinajstić information content (AvgIpc) is 3.11. The molecule has 1 aliphatic rings. The Kier molecular flexibility index (Phi) is 6.12. The minimum absolute atomic E-state index is 0.0758. The number of anilines is 1. The smallest absolute Gasteiger partial charge is 0.273 e. The van der Waals surface area contributed by atoms with Gasteiger partial charge >= 0.3 is 0 Å². The topological polar surface area (TPSA) is 101 Å². The van der Waals surface area contributed by atoms with Crippen molar-refractivity contribution in [1.82, 2.24) is 25.6 Å². The zero-order valence-electron chi connectivity index (χ0n) is 15.2. The lowest BCUT2D eigenvalue weighted by atomic mass is 10.00. The summed E-state index contributed by atoms with van der Waals surface area (Å²) < 4.78 is 15.4. The molecule has 9 heteroatoms. The fourth-order valence-corrected chi connectivity index (χ4v) is 3.00. The van der Waals surface area contributed by atoms with Crippen LogP contribution in [0.2, 0.25) is 0 Å². The number of aryl methyl sites for hydroxylation is 1. The number of nitrogens with one attached hydrogen (secondary N) is 3. The van der Waals surface area contributed by atoms with Crippen LogP contribution in [0.1, 0.15) is 28.9 Å². The largest absolute Gasteiger partial charge is 0.342 e. The zero-order chi connectivity index (χ0) is 19.2. The van der Waals surface area contributed by atoms with E-state index in [1.807, 2.05) is 0 Å². The number of aromatic nitrogens is 3. The Balaban J connectivity index is 1.48. The fraction of sp³-hybridized carbons (Fsp3) is 0.444. The summed E-state index contributed by atoms with van der Waals surface area (Å²) in [5.74, 6) is -1.07. The van der Waals surface area contributed by atoms with Crippen molar-refractivity contribution in [3.8, 4) is 0 Å². The Bertz CT molecular complexity index is 816. The van der Waals surface area contributed by atoms with Crippen LogP contribution >= 0.6 is 0 Å². The molecule has 2 aromatic rings. The molecule has 2 amide bonds. The molecule has 1 aromatic carbocycles. The quantitative estimate of drug-likeness (QED) is 0.703. The van der Waals surface area contributed by atoms with E-state index in [4.69, 9.17) is 0 Å². The van der Waals surface area contributed by atoms with Gasteiger partial charge in [0.05, 0.1) is 18.4 Å². The Morgan fingerprint density at radius 1 is 1.41 bits per heavy atom. The van der Waals surface area contributed by atoms with E-state index in [-0.39, 0.29) is 17.9 Å². The first-order valence-electron chi connectivity index (χ1n) is 8.96. The molecule has 0 spiro atoms. The van der Waals surface area contributed by atoms with Gasteiger partial charge in [-0.05, 0) is 56.5 Å². The first-order valence-corrected chi connectivity index (χ1v) is 8.96. The molecule has 8 nitrogen and oxygen atoms in total. The SMILES string of the molecule is Cc1ccc(NC(=O)CNC(=O)c2cn(C[C@@H]3CCCNC3)nn2)c(F)c1. The average molecular weight is 374 g/mol. The Morgan fingerprint density at radius 3 is 3.00 bits per heavy atom. The molecule has 1 aliphatic heterocycles. The highest BCUT2D eigenvalue weighted by molar-refractivity contribution is 5.98. The van der Waals surface area contributed by atoms with E-state index in [2.05, 4.69) is 26.3 Å². The number of halogens is 1. The third kappa shape index (κ3) is 5.33. The fourth-order valence-electron chi connectivity index (χ4n) is 3.00. The second-order valence-electron chi connectivity index (χ2n) is 6.75. The lowest BCUT2D eigenvalue weighted by Gasteiger charge is -2.22. The number of amides is 2. The van der Waals surface area contributed by atoms with Gasteiger partial charge in [-0.25, -0.2) is 4.39 Å². The third-order valence-electron chi connectivity index (χ3n) is 4.42. The van der Waals surface area contributed by atoms with Gasteiger partial charge in [0, 0.05) is 6.54 Å². The van der Waals surface area contributed by atoms with Gasteiger partial charge in [-0.1, -0.05) is 11.3 Å². The van der Waals surface area contributed by atoms with Crippen LogP contribution in [0.4, 0.5) is 10.1 Å². The molecular weight excluding hydrogens is 351 g/mol. The maximum absolute atomic E-state index is 13.7. The highest BCUT2D eigenvalue weighted by atomic mass is 19.1. The Hall–Kier alpha value is -2.81. The van der Waals surface area contributed by atoms with Crippen molar-refractivity contribution in [3.63, 3.8) is 0 Å². The molecule has 3 rings (SSSR count). The van der Waals surface area contributed by atoms with Crippen molar-refractivity contribution in [3.05, 3.63) is 41.5 Å². The summed E-state index contributed by atoms with van der Waals surface area (Å²) in [5.41, 5.74) is 0.978. The van der Waals surface area contributed by atoms with Crippen molar-refractivity contribution in [2.75, 3.05) is 25.0 Å². The molecule has 1 fully saturated rings. The molecule has 0 radical (unpaired) electrons. The minimum atomic E-state index is -0.522. The van der Waals surface area contributed by atoms with Crippen LogP contribution in [0.3, 0.4) is 0 Å². The van der Waals surface area contributed by atoms with Crippen LogP contribution in [-0.2, 0) is 11.3 Å². The van der Waals surface area contributed by atoms with Crippen LogP contribution in [0, 0.1) is 18.7 Å². The van der Waals surface area contributed by atoms with Crippen molar-refractivity contribution in [2.45, 2.75) is 26.3 Å². The van der Waals surface area contributed by atoms with E-state index in [1.54, 1.807) is 23.9 Å². The van der Waals surface area contributed by atoms with Crippen LogP contribution in [0.25, 0.3) is 0 Å². The number of piperidine rings is 1. The van der Waals surface area contributed by atoms with E-state index < -0.39 is 17.6 Å². The number of benzene rings is 1. The van der Waals surface area contributed by atoms with Crippen LogP contribution in [-0.4, -0.2) is 46.4 Å². The molecule has 3 N–H and O–H groups in total. The number of hydrogen-bond donors (Lipinski definition) is 3. The lowest BCUT2D eigenvalue weighted by Crippen LogP contribution is -2.33. The summed E-state index contributed by atoms with van der Waals surface area (Å²) in [4.78, 5) is 24.0. The van der Waals surface area contributed by atoms with Crippen molar-refractivity contribution in [1.29, 1.82) is 0 Å². The van der Waals surface area contributed by atoms with Crippen molar-refractivity contribution in [2.24, 2.45) is 5.92 Å². The number of hydrogen-bond acceptors (Lipinski definition) is 5. The molecule has 27 heavy (non-hydrogen) atoms. The highest BCUT2D eigenvalue weighted by Crippen LogP contribution is 2.15. The van der Waals surface area contributed by atoms with E-state index in [0.717, 1.165) is 31.5 Å². The van der Waals surface area contributed by atoms with Gasteiger partial charge in [-0.3, -0.25) is 14.3 Å². The van der Waals surface area contributed by atoms with E-state index in [9.17, 15) is 14.0 Å². The standard InChI is InChI=1S/C18H23FN6O2/c1-12-4-5-15(14(19)7-12)22-17(26)9-21-18(27)16-11-25(24-23-16)10-13-3-2-6-20-8-13/h4-5,7,11,13,20H,2-3,6,8-10H2,1H3,(H,21,27)(H,22,26)/t13-/m1/s1. The van der Waals surface area contributed by atoms with Crippen molar-refractivity contribution < 1.29 is 14.0 Å². The van der Waals surface area contributed by atoms with Crippen LogP contribution in [0.15, 0.2) is 24.4 Å². The first-order chi connectivity index (χ1) is 13.0. The molecule has 1 saturated heterocycles. The molecule has 0 unspecified atom stereocenters. The van der Waals surface area contributed by atoms with E-state index in [1.165, 1.54) is 12.1 Å². The van der Waals surface area contributed by atoms with E-state index >= 15 is 0 Å². The van der Waals surface area contributed by atoms with Crippen LogP contribution < -0.4 is 16.0 Å². The van der Waals surface area contributed by atoms with Gasteiger partial charge in [-0.15, -0.1) is 5.10 Å². The summed E-state index contributed by atoms with van der Waals surface area (Å²) >= 11 is 0. The maximum atomic E-state index is 13.7. The number of carbonyl (C=O) groups is 2. The first kappa shape index (κ1) is 19.0. The summed E-state index contributed by atoms with van der Waals surface area (Å²) in [5, 5.41) is 16.1. The predicted molar refractivity (Wildman–Crippen MR) is 97.7 cm³/mol. The zero-order valence-corrected chi connectivity index (χ0v) is 15.2. The summed E-state index contributed by atoms with van der Waals surface area (Å²) in [7, 11) is 0. The molecule has 0 saturated carbocycles. The van der Waals surface area contributed by atoms with Crippen molar-refractivity contribution >= 4 is 17.5 Å². The summed E-state index contributed by atoms with van der Waals surface area (Å²) in [6.45, 7) is 4.13. The number of rotatable bonds is 6. The van der Waals surface area contributed by atoms with Gasteiger partial charge in [-0.2, -0.15) is 0 Å². The van der Waals surface area contributed by atoms with Gasteiger partial charge in [0.2, 0.25) is 5.91 Å². The van der Waals surface area contributed by atoms with E-state index in [0.29, 0.717) is 12.5 Å². The molecule has 0 bridgehead atoms. The van der Waals surface area contributed by atoms with Crippen LogP contribution in [0.5, 0.6) is 0 Å². The summed E-state index contributed by atoms with van der Waals surface area (Å²) in [6, 6.07) is 4.50. The second-order valence-corrected chi connectivity index (χ2v) is 6.75.